The van der Waals surface area contributed by atoms with Crippen molar-refractivity contribution in [1.82, 2.24) is 0 Å². The first-order chi connectivity index (χ1) is 11.7. The molecule has 24 heavy (non-hydrogen) atoms. The maximum Gasteiger partial charge on any atom is 0.133 e. The highest BCUT2D eigenvalue weighted by molar-refractivity contribution is 7.99. The highest BCUT2D eigenvalue weighted by atomic mass is 32.2. The Balaban J connectivity index is 1.40. The molecule has 0 radical (unpaired) electrons. The summed E-state index contributed by atoms with van der Waals surface area (Å²) in [5.41, 5.74) is 2.63. The van der Waals surface area contributed by atoms with E-state index in [9.17, 15) is 0 Å². The van der Waals surface area contributed by atoms with Gasteiger partial charge in [0.15, 0.2) is 0 Å². The van der Waals surface area contributed by atoms with Crippen molar-refractivity contribution in [3.63, 3.8) is 0 Å². The SMILES string of the molecule is CC(C)SCC1CCC(CCc2ccc(-c3ccco3)cc2)CC1. The van der Waals surface area contributed by atoms with Crippen LogP contribution in [0, 0.1) is 11.8 Å². The summed E-state index contributed by atoms with van der Waals surface area (Å²) in [6.07, 6.45) is 10.1. The number of thioether (sulfide) groups is 1. The molecule has 0 bridgehead atoms. The molecule has 1 nitrogen and oxygen atoms in total. The fourth-order valence-electron chi connectivity index (χ4n) is 3.66. The first-order valence-electron chi connectivity index (χ1n) is 9.45. The molecule has 0 unspecified atom stereocenters. The van der Waals surface area contributed by atoms with E-state index in [2.05, 4.69) is 49.9 Å². The molecule has 130 valence electrons. The molecule has 0 atom stereocenters. The van der Waals surface area contributed by atoms with Crippen LogP contribution in [0.15, 0.2) is 47.1 Å². The number of rotatable bonds is 7. The van der Waals surface area contributed by atoms with E-state index in [0.717, 1.165) is 22.8 Å². The maximum atomic E-state index is 5.46. The van der Waals surface area contributed by atoms with E-state index in [1.54, 1.807) is 6.26 Å². The minimum Gasteiger partial charge on any atom is -0.464 e. The molecule has 0 aliphatic heterocycles. The standard InChI is InChI=1S/C22H30OS/c1-17(2)24-16-20-9-7-18(8-10-20)5-6-19-11-13-21(14-12-19)22-4-3-15-23-22/h3-4,11-15,17-18,20H,5-10,16H2,1-2H3. The van der Waals surface area contributed by atoms with Gasteiger partial charge in [0.2, 0.25) is 0 Å². The van der Waals surface area contributed by atoms with Crippen LogP contribution in [-0.4, -0.2) is 11.0 Å². The molecule has 1 heterocycles. The van der Waals surface area contributed by atoms with Gasteiger partial charge in [-0.1, -0.05) is 51.0 Å². The molecular formula is C22H30OS. The van der Waals surface area contributed by atoms with Gasteiger partial charge < -0.3 is 4.42 Å². The Hall–Kier alpha value is -1.15. The van der Waals surface area contributed by atoms with E-state index in [0.29, 0.717) is 0 Å². The van der Waals surface area contributed by atoms with Crippen LogP contribution in [-0.2, 0) is 6.42 Å². The Bertz CT molecular complexity index is 577. The van der Waals surface area contributed by atoms with Crippen LogP contribution in [0.2, 0.25) is 0 Å². The topological polar surface area (TPSA) is 13.1 Å². The minimum absolute atomic E-state index is 0.784. The average Bonchev–Trinajstić information content (AvgIpc) is 3.14. The zero-order chi connectivity index (χ0) is 16.8. The summed E-state index contributed by atoms with van der Waals surface area (Å²) in [5.74, 6) is 4.24. The van der Waals surface area contributed by atoms with Crippen molar-refractivity contribution in [2.75, 3.05) is 5.75 Å². The molecule has 2 aromatic rings. The molecule has 3 rings (SSSR count). The van der Waals surface area contributed by atoms with Gasteiger partial charge in [-0.05, 0) is 66.2 Å². The van der Waals surface area contributed by atoms with E-state index in [4.69, 9.17) is 4.42 Å². The smallest absolute Gasteiger partial charge is 0.133 e. The summed E-state index contributed by atoms with van der Waals surface area (Å²) in [4.78, 5) is 0. The second kappa shape index (κ2) is 8.80. The van der Waals surface area contributed by atoms with Crippen LogP contribution in [0.5, 0.6) is 0 Å². The molecule has 0 spiro atoms. The van der Waals surface area contributed by atoms with E-state index in [1.165, 1.54) is 55.4 Å². The second-order valence-corrected chi connectivity index (χ2v) is 9.09. The highest BCUT2D eigenvalue weighted by Crippen LogP contribution is 2.34. The molecule has 1 aliphatic rings. The monoisotopic (exact) mass is 342 g/mol. The largest absolute Gasteiger partial charge is 0.464 e. The predicted octanol–water partition coefficient (Wildman–Crippen LogP) is 6.83. The van der Waals surface area contributed by atoms with E-state index >= 15 is 0 Å². The normalized spacial score (nSPS) is 21.3. The zero-order valence-corrected chi connectivity index (χ0v) is 15.9. The first kappa shape index (κ1) is 17.7. The lowest BCUT2D eigenvalue weighted by Gasteiger charge is -2.28. The molecule has 1 saturated carbocycles. The van der Waals surface area contributed by atoms with Gasteiger partial charge in [-0.2, -0.15) is 11.8 Å². The van der Waals surface area contributed by atoms with E-state index < -0.39 is 0 Å². The van der Waals surface area contributed by atoms with Crippen LogP contribution in [0.25, 0.3) is 11.3 Å². The fourth-order valence-corrected chi connectivity index (χ4v) is 4.66. The Kier molecular flexibility index (Phi) is 6.48. The van der Waals surface area contributed by atoms with Gasteiger partial charge in [0.25, 0.3) is 0 Å². The molecule has 1 fully saturated rings. The number of furan rings is 1. The van der Waals surface area contributed by atoms with Gasteiger partial charge in [-0.3, -0.25) is 0 Å². The fraction of sp³-hybridized carbons (Fsp3) is 0.545. The average molecular weight is 343 g/mol. The Morgan fingerprint density at radius 3 is 2.33 bits per heavy atom. The van der Waals surface area contributed by atoms with Crippen molar-refractivity contribution in [3.8, 4) is 11.3 Å². The predicted molar refractivity (Wildman–Crippen MR) is 106 cm³/mol. The number of hydrogen-bond donors (Lipinski definition) is 0. The first-order valence-corrected chi connectivity index (χ1v) is 10.5. The molecule has 0 amide bonds. The van der Waals surface area contributed by atoms with Gasteiger partial charge in [-0.15, -0.1) is 0 Å². The van der Waals surface area contributed by atoms with Crippen LogP contribution in [0.3, 0.4) is 0 Å². The molecule has 1 aromatic heterocycles. The van der Waals surface area contributed by atoms with E-state index in [1.807, 2.05) is 12.1 Å². The van der Waals surface area contributed by atoms with E-state index in [-0.39, 0.29) is 0 Å². The van der Waals surface area contributed by atoms with Crippen molar-refractivity contribution in [2.45, 2.75) is 57.6 Å². The van der Waals surface area contributed by atoms with Gasteiger partial charge in [0.05, 0.1) is 6.26 Å². The molecular weight excluding hydrogens is 312 g/mol. The van der Waals surface area contributed by atoms with Crippen molar-refractivity contribution in [1.29, 1.82) is 0 Å². The van der Waals surface area contributed by atoms with Gasteiger partial charge >= 0.3 is 0 Å². The Labute approximate surface area is 151 Å². The molecule has 2 heteroatoms. The third kappa shape index (κ3) is 5.17. The summed E-state index contributed by atoms with van der Waals surface area (Å²) in [6, 6.07) is 12.9. The summed E-state index contributed by atoms with van der Waals surface area (Å²) in [7, 11) is 0. The van der Waals surface area contributed by atoms with Crippen molar-refractivity contribution in [3.05, 3.63) is 48.2 Å². The lowest BCUT2D eigenvalue weighted by Crippen LogP contribution is -2.17. The van der Waals surface area contributed by atoms with Gasteiger partial charge in [-0.25, -0.2) is 0 Å². The zero-order valence-electron chi connectivity index (χ0n) is 15.0. The lowest BCUT2D eigenvalue weighted by atomic mass is 9.80. The lowest BCUT2D eigenvalue weighted by molar-refractivity contribution is 0.281. The summed E-state index contributed by atoms with van der Waals surface area (Å²) < 4.78 is 5.46. The number of hydrogen-bond acceptors (Lipinski definition) is 2. The van der Waals surface area contributed by atoms with Gasteiger partial charge in [0.1, 0.15) is 5.76 Å². The van der Waals surface area contributed by atoms with Crippen LogP contribution in [0.1, 0.15) is 51.5 Å². The quantitative estimate of drug-likeness (QED) is 0.547. The Morgan fingerprint density at radius 2 is 1.71 bits per heavy atom. The highest BCUT2D eigenvalue weighted by Gasteiger charge is 2.21. The van der Waals surface area contributed by atoms with Crippen molar-refractivity contribution >= 4 is 11.8 Å². The Morgan fingerprint density at radius 1 is 1.00 bits per heavy atom. The molecule has 1 aromatic carbocycles. The van der Waals surface area contributed by atoms with Crippen LogP contribution in [0.4, 0.5) is 0 Å². The summed E-state index contributed by atoms with van der Waals surface area (Å²) in [6.45, 7) is 4.63. The number of aryl methyl sites for hydroxylation is 1. The van der Waals surface area contributed by atoms with Crippen LogP contribution >= 0.6 is 11.8 Å². The summed E-state index contributed by atoms with van der Waals surface area (Å²) >= 11 is 2.14. The van der Waals surface area contributed by atoms with Crippen LogP contribution < -0.4 is 0 Å². The van der Waals surface area contributed by atoms with Crippen molar-refractivity contribution < 1.29 is 4.42 Å². The van der Waals surface area contributed by atoms with Crippen molar-refractivity contribution in [2.24, 2.45) is 11.8 Å². The maximum absolute atomic E-state index is 5.46. The van der Waals surface area contributed by atoms with Gasteiger partial charge in [0, 0.05) is 5.56 Å². The molecule has 0 N–H and O–H groups in total. The molecule has 0 saturated heterocycles. The summed E-state index contributed by atoms with van der Waals surface area (Å²) in [5, 5.41) is 0.784. The number of benzene rings is 1. The minimum atomic E-state index is 0.784. The second-order valence-electron chi connectivity index (χ2n) is 7.48. The third-order valence-electron chi connectivity index (χ3n) is 5.23. The molecule has 1 aliphatic carbocycles. The third-order valence-corrected chi connectivity index (χ3v) is 6.56.